The molecule has 0 N–H and O–H groups in total. The summed E-state index contributed by atoms with van der Waals surface area (Å²) in [6, 6.07) is 8.15. The maximum Gasteiger partial charge on any atom is 0.573 e. The maximum atomic E-state index is 12.8. The number of rotatable bonds is 4. The minimum atomic E-state index is -4.75. The van der Waals surface area contributed by atoms with E-state index in [4.69, 9.17) is 4.52 Å². The fraction of sp³-hybridized carbons (Fsp3) is 0.222. The highest BCUT2D eigenvalue weighted by atomic mass is 19.4. The van der Waals surface area contributed by atoms with Crippen molar-refractivity contribution in [3.05, 3.63) is 64.8 Å². The first-order chi connectivity index (χ1) is 13.7. The number of aromatic nitrogens is 5. The van der Waals surface area contributed by atoms with Crippen molar-refractivity contribution in [1.29, 1.82) is 0 Å². The van der Waals surface area contributed by atoms with Crippen LogP contribution in [0.4, 0.5) is 13.2 Å². The van der Waals surface area contributed by atoms with E-state index in [0.29, 0.717) is 22.6 Å². The molecule has 1 aromatic carbocycles. The van der Waals surface area contributed by atoms with E-state index in [-0.39, 0.29) is 11.6 Å². The summed E-state index contributed by atoms with van der Waals surface area (Å²) in [6.45, 7) is 3.38. The molecule has 0 aliphatic heterocycles. The van der Waals surface area contributed by atoms with E-state index in [1.807, 2.05) is 0 Å². The summed E-state index contributed by atoms with van der Waals surface area (Å²) in [5.74, 6) is 0.383. The summed E-state index contributed by atoms with van der Waals surface area (Å²) in [7, 11) is 0. The molecule has 0 amide bonds. The lowest BCUT2D eigenvalue weighted by molar-refractivity contribution is -0.274. The average molecular weight is 405 g/mol. The Kier molecular flexibility index (Phi) is 4.36. The van der Waals surface area contributed by atoms with Crippen LogP contribution < -0.4 is 10.4 Å². The zero-order valence-corrected chi connectivity index (χ0v) is 15.2. The molecule has 0 fully saturated rings. The molecule has 0 spiro atoms. The predicted octanol–water partition coefficient (Wildman–Crippen LogP) is 3.36. The van der Waals surface area contributed by atoms with Crippen LogP contribution in [-0.2, 0) is 0 Å². The number of hydrogen-bond acceptors (Lipinski definition) is 6. The maximum absolute atomic E-state index is 12.8. The van der Waals surface area contributed by atoms with Crippen LogP contribution in [0.25, 0.3) is 16.8 Å². The third-order valence-electron chi connectivity index (χ3n) is 4.23. The van der Waals surface area contributed by atoms with Gasteiger partial charge in [0.2, 0.25) is 0 Å². The molecule has 150 valence electrons. The third-order valence-corrected chi connectivity index (χ3v) is 4.23. The topological polar surface area (TPSA) is 87.5 Å². The van der Waals surface area contributed by atoms with Crippen molar-refractivity contribution in [3.63, 3.8) is 0 Å². The van der Waals surface area contributed by atoms with Crippen LogP contribution in [0.3, 0.4) is 0 Å². The highest BCUT2D eigenvalue weighted by Gasteiger charge is 2.31. The van der Waals surface area contributed by atoms with Gasteiger partial charge in [-0.05, 0) is 49.2 Å². The summed E-state index contributed by atoms with van der Waals surface area (Å²) in [5, 5.41) is 7.99. The van der Waals surface area contributed by atoms with E-state index in [1.54, 1.807) is 32.2 Å². The van der Waals surface area contributed by atoms with Crippen molar-refractivity contribution >= 4 is 5.65 Å². The zero-order valence-electron chi connectivity index (χ0n) is 15.2. The van der Waals surface area contributed by atoms with Crippen LogP contribution >= 0.6 is 0 Å². The van der Waals surface area contributed by atoms with Gasteiger partial charge in [-0.2, -0.15) is 4.98 Å². The van der Waals surface area contributed by atoms with E-state index in [2.05, 4.69) is 20.0 Å². The molecule has 0 saturated heterocycles. The molecule has 0 radical (unpaired) electrons. The second kappa shape index (κ2) is 6.76. The number of hydrogen-bond donors (Lipinski definition) is 0. The molecule has 3 heterocycles. The molecule has 3 aromatic heterocycles. The van der Waals surface area contributed by atoms with Crippen LogP contribution in [0.2, 0.25) is 0 Å². The van der Waals surface area contributed by atoms with E-state index < -0.39 is 18.1 Å². The molecule has 1 unspecified atom stereocenters. The Balaban J connectivity index is 1.68. The lowest BCUT2D eigenvalue weighted by Crippen LogP contribution is -2.25. The van der Waals surface area contributed by atoms with Gasteiger partial charge < -0.3 is 9.26 Å². The first-order valence-corrected chi connectivity index (χ1v) is 8.48. The van der Waals surface area contributed by atoms with Crippen molar-refractivity contribution in [3.8, 4) is 16.9 Å². The number of halogens is 3. The fourth-order valence-electron chi connectivity index (χ4n) is 2.85. The lowest BCUT2D eigenvalue weighted by atomic mass is 10.1. The molecule has 1 atom stereocenters. The molecular weight excluding hydrogens is 391 g/mol. The average Bonchev–Trinajstić information content (AvgIpc) is 3.24. The Labute approximate surface area is 161 Å². The molecule has 0 saturated carbocycles. The molecule has 4 rings (SSSR count). The molecule has 29 heavy (non-hydrogen) atoms. The van der Waals surface area contributed by atoms with Crippen LogP contribution in [0.1, 0.15) is 24.7 Å². The van der Waals surface area contributed by atoms with Crippen molar-refractivity contribution < 1.29 is 22.4 Å². The van der Waals surface area contributed by atoms with Gasteiger partial charge in [0.1, 0.15) is 11.8 Å². The Bertz CT molecular complexity index is 1220. The predicted molar refractivity (Wildman–Crippen MR) is 94.4 cm³/mol. The summed E-state index contributed by atoms with van der Waals surface area (Å²) in [4.78, 5) is 16.9. The quantitative estimate of drug-likeness (QED) is 0.517. The van der Waals surface area contributed by atoms with Gasteiger partial charge in [-0.3, -0.25) is 0 Å². The fourth-order valence-corrected chi connectivity index (χ4v) is 2.85. The van der Waals surface area contributed by atoms with Gasteiger partial charge >= 0.3 is 12.1 Å². The van der Waals surface area contributed by atoms with Gasteiger partial charge in [-0.15, -0.1) is 18.3 Å². The van der Waals surface area contributed by atoms with E-state index >= 15 is 0 Å². The van der Waals surface area contributed by atoms with Crippen LogP contribution in [-0.4, -0.2) is 30.7 Å². The molecule has 4 aromatic rings. The van der Waals surface area contributed by atoms with Crippen molar-refractivity contribution in [1.82, 2.24) is 24.3 Å². The Morgan fingerprint density at radius 3 is 2.41 bits per heavy atom. The minimum absolute atomic E-state index is 0.258. The first kappa shape index (κ1) is 18.7. The van der Waals surface area contributed by atoms with Crippen LogP contribution in [0, 0.1) is 6.92 Å². The van der Waals surface area contributed by atoms with Crippen LogP contribution in [0.15, 0.2) is 51.9 Å². The SMILES string of the molecule is Cc1noc(C(C)n2nc3ccc(-c4ccc(OC(F)(F)F)cc4)cn3c2=O)n1. The van der Waals surface area contributed by atoms with Gasteiger partial charge in [-0.1, -0.05) is 17.3 Å². The lowest BCUT2D eigenvalue weighted by Gasteiger charge is -2.09. The van der Waals surface area contributed by atoms with Gasteiger partial charge in [0.05, 0.1) is 0 Å². The number of aryl methyl sites for hydroxylation is 1. The molecule has 0 aliphatic carbocycles. The molecular formula is C18H14F3N5O3. The molecule has 0 aliphatic rings. The number of pyridine rings is 1. The van der Waals surface area contributed by atoms with Gasteiger partial charge in [0, 0.05) is 6.20 Å². The Morgan fingerprint density at radius 1 is 1.10 bits per heavy atom. The molecule has 0 bridgehead atoms. The van der Waals surface area contributed by atoms with Crippen molar-refractivity contribution in [2.24, 2.45) is 0 Å². The number of benzene rings is 1. The highest BCUT2D eigenvalue weighted by Crippen LogP contribution is 2.26. The summed E-state index contributed by atoms with van der Waals surface area (Å²) >= 11 is 0. The monoisotopic (exact) mass is 405 g/mol. The third kappa shape index (κ3) is 3.71. The van der Waals surface area contributed by atoms with Crippen molar-refractivity contribution in [2.45, 2.75) is 26.3 Å². The number of ether oxygens (including phenoxy) is 1. The standard InChI is InChI=1S/C18H14F3N5O3/c1-10(16-22-11(2)24-29-16)26-17(27)25-9-13(5-8-15(25)23-26)12-3-6-14(7-4-12)28-18(19,20)21/h3-10H,1-2H3. The normalized spacial score (nSPS) is 13.0. The van der Waals surface area contributed by atoms with Gasteiger partial charge in [-0.25, -0.2) is 13.9 Å². The van der Waals surface area contributed by atoms with Gasteiger partial charge in [0.15, 0.2) is 11.5 Å². The largest absolute Gasteiger partial charge is 0.573 e. The second-order valence-electron chi connectivity index (χ2n) is 6.30. The summed E-state index contributed by atoms with van der Waals surface area (Å²) in [5.41, 5.74) is 1.22. The minimum Gasteiger partial charge on any atom is -0.406 e. The number of nitrogens with zero attached hydrogens (tertiary/aromatic N) is 5. The Morgan fingerprint density at radius 2 is 1.79 bits per heavy atom. The second-order valence-corrected chi connectivity index (χ2v) is 6.30. The first-order valence-electron chi connectivity index (χ1n) is 8.48. The van der Waals surface area contributed by atoms with Crippen molar-refractivity contribution in [2.75, 3.05) is 0 Å². The molecule has 8 nitrogen and oxygen atoms in total. The number of alkyl halides is 3. The van der Waals surface area contributed by atoms with Gasteiger partial charge in [0.25, 0.3) is 5.89 Å². The van der Waals surface area contributed by atoms with E-state index in [1.165, 1.54) is 33.3 Å². The highest BCUT2D eigenvalue weighted by molar-refractivity contribution is 5.65. The smallest absolute Gasteiger partial charge is 0.406 e. The van der Waals surface area contributed by atoms with Crippen LogP contribution in [0.5, 0.6) is 5.75 Å². The van der Waals surface area contributed by atoms with E-state index in [0.717, 1.165) is 0 Å². The number of fused-ring (bicyclic) bond motifs is 1. The zero-order chi connectivity index (χ0) is 20.8. The van der Waals surface area contributed by atoms with E-state index in [9.17, 15) is 18.0 Å². The molecule has 11 heteroatoms. The summed E-state index contributed by atoms with van der Waals surface area (Å²) < 4.78 is 48.4. The Hall–Kier alpha value is -3.63. The summed E-state index contributed by atoms with van der Waals surface area (Å²) in [6.07, 6.45) is -3.19.